The van der Waals surface area contributed by atoms with Gasteiger partial charge in [0.15, 0.2) is 11.2 Å². The maximum Gasteiger partial charge on any atom is 0.238 e. The van der Waals surface area contributed by atoms with Crippen LogP contribution in [0.4, 0.5) is 0 Å². The van der Waals surface area contributed by atoms with Crippen LogP contribution in [0.1, 0.15) is 38.8 Å². The largest absolute Gasteiger partial charge is 0.436 e. The second-order valence-electron chi connectivity index (χ2n) is 8.93. The van der Waals surface area contributed by atoms with Crippen molar-refractivity contribution >= 4 is 33.5 Å². The molecule has 0 aliphatic heterocycles. The summed E-state index contributed by atoms with van der Waals surface area (Å²) in [5.74, 6) is 2.36. The van der Waals surface area contributed by atoms with E-state index in [2.05, 4.69) is 39.8 Å². The van der Waals surface area contributed by atoms with Crippen LogP contribution < -0.4 is 0 Å². The molecule has 0 saturated carbocycles. The maximum atomic E-state index is 6.18. The first kappa shape index (κ1) is 20.0. The van der Waals surface area contributed by atoms with Gasteiger partial charge in [0.05, 0.1) is 5.56 Å². The van der Waals surface area contributed by atoms with Crippen LogP contribution in [0.5, 0.6) is 0 Å². The minimum absolute atomic E-state index is 0.558. The van der Waals surface area contributed by atoms with Crippen LogP contribution >= 0.6 is 11.3 Å². The minimum atomic E-state index is 0.558. The van der Waals surface area contributed by atoms with Gasteiger partial charge in [0.2, 0.25) is 11.8 Å². The standard InChI is InChI=1S/C26H26N2O2S/c1-15(2)13-17-7-5-9-20-22(17)27-25(29-20)19-11-12-31-24(19)26-28-23-18(14-16(3)4)8-6-10-21(23)30-26/h5-12,15-16H,13-14H2,1-4H3. The molecule has 4 nitrogen and oxygen atoms in total. The Morgan fingerprint density at radius 2 is 1.29 bits per heavy atom. The average Bonchev–Trinajstić information content (AvgIpc) is 3.44. The highest BCUT2D eigenvalue weighted by atomic mass is 32.1. The monoisotopic (exact) mass is 430 g/mol. The molecule has 0 atom stereocenters. The molecule has 3 heterocycles. The van der Waals surface area contributed by atoms with E-state index in [0.717, 1.165) is 45.5 Å². The lowest BCUT2D eigenvalue weighted by Crippen LogP contribution is -1.94. The Labute approximate surface area is 185 Å². The molecule has 5 heteroatoms. The summed E-state index contributed by atoms with van der Waals surface area (Å²) in [6.45, 7) is 8.88. The van der Waals surface area contributed by atoms with E-state index in [1.807, 2.05) is 35.7 Å². The second-order valence-corrected chi connectivity index (χ2v) is 9.84. The fraction of sp³-hybridized carbons (Fsp3) is 0.308. The zero-order chi connectivity index (χ0) is 21.5. The Morgan fingerprint density at radius 1 is 0.742 bits per heavy atom. The van der Waals surface area contributed by atoms with Crippen molar-refractivity contribution in [3.63, 3.8) is 0 Å². The molecule has 2 aromatic carbocycles. The molecule has 0 unspecified atom stereocenters. The molecule has 0 aliphatic rings. The quantitative estimate of drug-likeness (QED) is 0.276. The zero-order valence-electron chi connectivity index (χ0n) is 18.3. The molecular weight excluding hydrogens is 404 g/mol. The smallest absolute Gasteiger partial charge is 0.238 e. The number of hydrogen-bond acceptors (Lipinski definition) is 5. The molecule has 0 amide bonds. The van der Waals surface area contributed by atoms with E-state index in [-0.39, 0.29) is 0 Å². The molecule has 0 spiro atoms. The summed E-state index contributed by atoms with van der Waals surface area (Å²) in [7, 11) is 0. The van der Waals surface area contributed by atoms with Crippen LogP contribution in [0.2, 0.25) is 0 Å². The maximum absolute atomic E-state index is 6.18. The van der Waals surface area contributed by atoms with Crippen molar-refractivity contribution in [3.05, 3.63) is 59.0 Å². The number of fused-ring (bicyclic) bond motifs is 2. The van der Waals surface area contributed by atoms with Crippen molar-refractivity contribution in [1.29, 1.82) is 0 Å². The number of nitrogens with zero attached hydrogens (tertiary/aromatic N) is 2. The van der Waals surface area contributed by atoms with E-state index in [0.29, 0.717) is 23.6 Å². The first-order valence-electron chi connectivity index (χ1n) is 10.8. The van der Waals surface area contributed by atoms with Crippen molar-refractivity contribution in [2.24, 2.45) is 11.8 Å². The van der Waals surface area contributed by atoms with Crippen molar-refractivity contribution in [1.82, 2.24) is 9.97 Å². The highest BCUT2D eigenvalue weighted by Crippen LogP contribution is 2.39. The predicted molar refractivity (Wildman–Crippen MR) is 127 cm³/mol. The zero-order valence-corrected chi connectivity index (χ0v) is 19.1. The van der Waals surface area contributed by atoms with Crippen LogP contribution in [-0.2, 0) is 12.8 Å². The topological polar surface area (TPSA) is 52.1 Å². The number of hydrogen-bond donors (Lipinski definition) is 0. The number of aromatic nitrogens is 2. The van der Waals surface area contributed by atoms with Crippen molar-refractivity contribution in [2.45, 2.75) is 40.5 Å². The summed E-state index contributed by atoms with van der Waals surface area (Å²) in [5, 5.41) is 2.04. The van der Waals surface area contributed by atoms with E-state index in [9.17, 15) is 0 Å². The van der Waals surface area contributed by atoms with E-state index in [1.54, 1.807) is 11.3 Å². The lowest BCUT2D eigenvalue weighted by atomic mass is 10.0. The van der Waals surface area contributed by atoms with E-state index >= 15 is 0 Å². The summed E-state index contributed by atoms with van der Waals surface area (Å²) in [6.07, 6.45) is 1.95. The van der Waals surface area contributed by atoms with Crippen LogP contribution in [0.3, 0.4) is 0 Å². The predicted octanol–water partition coefficient (Wildman–Crippen LogP) is 7.76. The molecule has 0 N–H and O–H groups in total. The summed E-state index contributed by atoms with van der Waals surface area (Å²) in [5.41, 5.74) is 6.91. The Bertz CT molecular complexity index is 1250. The van der Waals surface area contributed by atoms with Gasteiger partial charge in [0, 0.05) is 0 Å². The van der Waals surface area contributed by atoms with Gasteiger partial charge in [-0.1, -0.05) is 52.0 Å². The Kier molecular flexibility index (Phi) is 5.14. The van der Waals surface area contributed by atoms with Gasteiger partial charge < -0.3 is 8.83 Å². The van der Waals surface area contributed by atoms with Crippen molar-refractivity contribution in [2.75, 3.05) is 0 Å². The summed E-state index contributed by atoms with van der Waals surface area (Å²) in [4.78, 5) is 10.7. The second kappa shape index (κ2) is 7.97. The Hall–Kier alpha value is -2.92. The molecule has 158 valence electrons. The van der Waals surface area contributed by atoms with Crippen molar-refractivity contribution in [3.8, 4) is 22.2 Å². The Morgan fingerprint density at radius 3 is 1.87 bits per heavy atom. The fourth-order valence-corrected chi connectivity index (χ4v) is 4.89. The van der Waals surface area contributed by atoms with Gasteiger partial charge >= 0.3 is 0 Å². The fourth-order valence-electron chi connectivity index (χ4n) is 4.08. The highest BCUT2D eigenvalue weighted by Gasteiger charge is 2.21. The van der Waals surface area contributed by atoms with Gasteiger partial charge in [0.25, 0.3) is 0 Å². The molecule has 0 radical (unpaired) electrons. The molecule has 3 aromatic heterocycles. The first-order chi connectivity index (χ1) is 15.0. The molecule has 0 aliphatic carbocycles. The average molecular weight is 431 g/mol. The number of rotatable bonds is 6. The number of oxazole rings is 2. The number of thiophene rings is 1. The summed E-state index contributed by atoms with van der Waals surface area (Å²) in [6, 6.07) is 14.4. The third kappa shape index (κ3) is 3.79. The van der Waals surface area contributed by atoms with E-state index < -0.39 is 0 Å². The SMILES string of the molecule is CC(C)Cc1cccc2oc(-c3ccsc3-c3nc4c(CC(C)C)cccc4o3)nc12. The van der Waals surface area contributed by atoms with Gasteiger partial charge in [0.1, 0.15) is 15.9 Å². The summed E-state index contributed by atoms with van der Waals surface area (Å²) >= 11 is 1.60. The lowest BCUT2D eigenvalue weighted by Gasteiger charge is -2.04. The molecule has 0 saturated heterocycles. The van der Waals surface area contributed by atoms with Gasteiger partial charge in [-0.3, -0.25) is 0 Å². The van der Waals surface area contributed by atoms with Crippen molar-refractivity contribution < 1.29 is 8.83 Å². The van der Waals surface area contributed by atoms with Gasteiger partial charge in [-0.2, -0.15) is 0 Å². The molecule has 5 aromatic rings. The third-order valence-corrected chi connectivity index (χ3v) is 6.25. The van der Waals surface area contributed by atoms with Gasteiger partial charge in [-0.05, 0) is 59.4 Å². The van der Waals surface area contributed by atoms with E-state index in [4.69, 9.17) is 18.8 Å². The molecule has 31 heavy (non-hydrogen) atoms. The normalized spacial score (nSPS) is 12.1. The van der Waals surface area contributed by atoms with Crippen LogP contribution in [-0.4, -0.2) is 9.97 Å². The third-order valence-electron chi connectivity index (χ3n) is 5.35. The molecule has 0 fully saturated rings. The van der Waals surface area contributed by atoms with Crippen LogP contribution in [0, 0.1) is 11.8 Å². The van der Waals surface area contributed by atoms with Crippen LogP contribution in [0.15, 0.2) is 56.7 Å². The number of benzene rings is 2. The number of para-hydroxylation sites is 2. The minimum Gasteiger partial charge on any atom is -0.436 e. The molecule has 0 bridgehead atoms. The highest BCUT2D eigenvalue weighted by molar-refractivity contribution is 7.14. The molecular formula is C26H26N2O2S. The first-order valence-corrected chi connectivity index (χ1v) is 11.7. The van der Waals surface area contributed by atoms with E-state index in [1.165, 1.54) is 11.1 Å². The Balaban J connectivity index is 1.59. The molecule has 5 rings (SSSR count). The van der Waals surface area contributed by atoms with Gasteiger partial charge in [-0.15, -0.1) is 11.3 Å². The van der Waals surface area contributed by atoms with Crippen LogP contribution in [0.25, 0.3) is 44.4 Å². The van der Waals surface area contributed by atoms with Gasteiger partial charge in [-0.25, -0.2) is 9.97 Å². The lowest BCUT2D eigenvalue weighted by molar-refractivity contribution is 0.612. The summed E-state index contributed by atoms with van der Waals surface area (Å²) < 4.78 is 12.4.